The summed E-state index contributed by atoms with van der Waals surface area (Å²) >= 11 is 1.09. The van der Waals surface area contributed by atoms with Gasteiger partial charge in [-0.25, -0.2) is 22.9 Å². The van der Waals surface area contributed by atoms with E-state index in [9.17, 15) is 28.3 Å². The van der Waals surface area contributed by atoms with Gasteiger partial charge in [0.2, 0.25) is 0 Å². The normalized spacial score (nSPS) is 15.2. The number of likely N-dealkylation sites (tertiary alicyclic amines) is 1. The monoisotopic (exact) mass is 604 g/mol. The first-order chi connectivity index (χ1) is 19.9. The number of nitrogens with zero attached hydrogens (tertiary/aromatic N) is 6. The summed E-state index contributed by atoms with van der Waals surface area (Å²) in [7, 11) is 1.42. The Kier molecular flexibility index (Phi) is 8.00. The smallest absolute Gasteiger partial charge is 0.333 e. The Bertz CT molecular complexity index is 1740. The summed E-state index contributed by atoms with van der Waals surface area (Å²) < 4.78 is 41.5. The SMILES string of the molecule is COc1ccc(F)cc1[C@H](Cn1c(=O)n(C(C)(C)C(=O)O)c(=O)c2c(C)c(-n3nccn3)sc21)OCCN1CC(F)C1. The molecule has 1 N–H and O–H groups in total. The highest BCUT2D eigenvalue weighted by atomic mass is 32.1. The van der Waals surface area contributed by atoms with Crippen molar-refractivity contribution in [3.63, 3.8) is 0 Å². The van der Waals surface area contributed by atoms with Crippen LogP contribution in [-0.2, 0) is 21.6 Å². The molecule has 3 aromatic heterocycles. The van der Waals surface area contributed by atoms with Crippen LogP contribution in [0.5, 0.6) is 5.75 Å². The molecule has 0 spiro atoms. The number of carboxylic acid groups (broad SMARTS) is 1. The Morgan fingerprint density at radius 1 is 1.24 bits per heavy atom. The van der Waals surface area contributed by atoms with Gasteiger partial charge in [-0.3, -0.25) is 14.3 Å². The number of benzene rings is 1. The zero-order valence-electron chi connectivity index (χ0n) is 23.4. The van der Waals surface area contributed by atoms with Crippen molar-refractivity contribution in [3.05, 3.63) is 68.4 Å². The second-order valence-electron chi connectivity index (χ2n) is 10.5. The summed E-state index contributed by atoms with van der Waals surface area (Å²) in [5.41, 5.74) is -2.80. The highest BCUT2D eigenvalue weighted by molar-refractivity contribution is 7.21. The van der Waals surface area contributed by atoms with Crippen LogP contribution in [0.25, 0.3) is 15.2 Å². The number of fused-ring (bicyclic) bond motifs is 1. The quantitative estimate of drug-likeness (QED) is 0.274. The maximum absolute atomic E-state index is 14.5. The molecule has 15 heteroatoms. The number of aromatic nitrogens is 5. The number of thiophene rings is 1. The number of hydrogen-bond acceptors (Lipinski definition) is 9. The molecule has 224 valence electrons. The van der Waals surface area contributed by atoms with Gasteiger partial charge in [-0.2, -0.15) is 10.2 Å². The third kappa shape index (κ3) is 5.23. The lowest BCUT2D eigenvalue weighted by Crippen LogP contribution is -2.52. The van der Waals surface area contributed by atoms with Crippen molar-refractivity contribution in [2.45, 2.75) is 45.1 Å². The van der Waals surface area contributed by atoms with Crippen LogP contribution in [0.1, 0.15) is 31.1 Å². The van der Waals surface area contributed by atoms with Gasteiger partial charge in [-0.1, -0.05) is 11.3 Å². The first kappa shape index (κ1) is 29.5. The van der Waals surface area contributed by atoms with Gasteiger partial charge in [-0.05, 0) is 39.0 Å². The Morgan fingerprint density at radius 2 is 1.93 bits per heavy atom. The topological polar surface area (TPSA) is 134 Å². The fourth-order valence-electron chi connectivity index (χ4n) is 4.97. The van der Waals surface area contributed by atoms with Crippen molar-refractivity contribution in [1.82, 2.24) is 29.0 Å². The number of rotatable bonds is 11. The maximum atomic E-state index is 14.5. The Morgan fingerprint density at radius 3 is 2.55 bits per heavy atom. The molecular weight excluding hydrogens is 574 g/mol. The maximum Gasteiger partial charge on any atom is 0.333 e. The molecule has 4 aromatic rings. The lowest BCUT2D eigenvalue weighted by Gasteiger charge is -2.34. The summed E-state index contributed by atoms with van der Waals surface area (Å²) in [6.45, 7) is 5.07. The number of carbonyl (C=O) groups is 1. The molecule has 0 amide bonds. The van der Waals surface area contributed by atoms with E-state index in [4.69, 9.17) is 9.47 Å². The van der Waals surface area contributed by atoms with Crippen molar-refractivity contribution < 1.29 is 28.2 Å². The third-order valence-electron chi connectivity index (χ3n) is 7.40. The number of ether oxygens (including phenoxy) is 2. The molecule has 4 heterocycles. The van der Waals surface area contributed by atoms with Gasteiger partial charge in [0.05, 0.1) is 38.0 Å². The minimum Gasteiger partial charge on any atom is -0.496 e. The average molecular weight is 605 g/mol. The summed E-state index contributed by atoms with van der Waals surface area (Å²) in [6.07, 6.45) is 1.07. The molecule has 1 aromatic carbocycles. The molecule has 42 heavy (non-hydrogen) atoms. The molecule has 1 atom stereocenters. The van der Waals surface area contributed by atoms with E-state index >= 15 is 0 Å². The van der Waals surface area contributed by atoms with Crippen molar-refractivity contribution in [1.29, 1.82) is 0 Å². The number of methoxy groups -OCH3 is 1. The predicted octanol–water partition coefficient (Wildman–Crippen LogP) is 2.49. The van der Waals surface area contributed by atoms with Crippen LogP contribution in [0.3, 0.4) is 0 Å². The number of carboxylic acids is 1. The number of aryl methyl sites for hydroxylation is 1. The molecule has 0 aliphatic carbocycles. The fraction of sp³-hybridized carbons (Fsp3) is 0.444. The van der Waals surface area contributed by atoms with Gasteiger partial charge in [0.25, 0.3) is 5.56 Å². The number of halogens is 2. The lowest BCUT2D eigenvalue weighted by molar-refractivity contribution is -0.146. The van der Waals surface area contributed by atoms with Gasteiger partial charge in [0.1, 0.15) is 39.2 Å². The number of alkyl halides is 1. The van der Waals surface area contributed by atoms with Crippen LogP contribution >= 0.6 is 11.3 Å². The predicted molar refractivity (Wildman–Crippen MR) is 150 cm³/mol. The summed E-state index contributed by atoms with van der Waals surface area (Å²) in [5.74, 6) is -1.63. The molecule has 0 saturated carbocycles. The van der Waals surface area contributed by atoms with E-state index in [-0.39, 0.29) is 36.5 Å². The number of aliphatic carboxylic acids is 1. The standard InChI is InChI=1S/C27H30F2N6O6S/c1-15-21-22(36)34(27(2,3)25(37)38)26(39)33(24(21)42-23(15)35-30-7-8-31-35)14-20(41-10-9-32-12-17(29)13-32)18-11-16(28)5-6-19(18)40-4/h5-8,11,17,20H,9-10,12-14H2,1-4H3,(H,37,38)/t20-/m0/s1. The van der Waals surface area contributed by atoms with Crippen LogP contribution in [0, 0.1) is 12.7 Å². The second kappa shape index (κ2) is 11.4. The molecule has 1 aliphatic rings. The van der Waals surface area contributed by atoms with Crippen LogP contribution in [0.4, 0.5) is 8.78 Å². The fourth-order valence-corrected chi connectivity index (χ4v) is 6.19. The largest absolute Gasteiger partial charge is 0.496 e. The van der Waals surface area contributed by atoms with Crippen LogP contribution < -0.4 is 16.0 Å². The molecule has 1 fully saturated rings. The zero-order chi connectivity index (χ0) is 30.3. The summed E-state index contributed by atoms with van der Waals surface area (Å²) in [6, 6.07) is 3.91. The third-order valence-corrected chi connectivity index (χ3v) is 8.68. The number of hydrogen-bond donors (Lipinski definition) is 1. The molecule has 0 radical (unpaired) electrons. The van der Waals surface area contributed by atoms with Crippen LogP contribution in [0.2, 0.25) is 0 Å². The highest BCUT2D eigenvalue weighted by Crippen LogP contribution is 2.34. The minimum absolute atomic E-state index is 0.126. The lowest BCUT2D eigenvalue weighted by atomic mass is 10.1. The van der Waals surface area contributed by atoms with E-state index in [1.165, 1.54) is 60.9 Å². The average Bonchev–Trinajstić information content (AvgIpc) is 3.57. The molecule has 1 saturated heterocycles. The first-order valence-electron chi connectivity index (χ1n) is 13.1. The Labute approximate surface area is 242 Å². The molecule has 0 bridgehead atoms. The summed E-state index contributed by atoms with van der Waals surface area (Å²) in [5, 5.41) is 18.9. The van der Waals surface area contributed by atoms with Crippen LogP contribution in [-0.4, -0.2) is 79.6 Å². The van der Waals surface area contributed by atoms with E-state index in [1.54, 1.807) is 6.92 Å². The van der Waals surface area contributed by atoms with Crippen molar-refractivity contribution >= 4 is 27.5 Å². The van der Waals surface area contributed by atoms with E-state index in [1.807, 2.05) is 4.90 Å². The minimum atomic E-state index is -1.91. The van der Waals surface area contributed by atoms with Gasteiger partial charge in [0, 0.05) is 30.8 Å². The van der Waals surface area contributed by atoms with Crippen molar-refractivity contribution in [2.24, 2.45) is 0 Å². The van der Waals surface area contributed by atoms with Gasteiger partial charge in [-0.15, -0.1) is 4.80 Å². The van der Waals surface area contributed by atoms with E-state index in [0.717, 1.165) is 11.3 Å². The summed E-state index contributed by atoms with van der Waals surface area (Å²) in [4.78, 5) is 43.5. The van der Waals surface area contributed by atoms with Crippen LogP contribution in [0.15, 0.2) is 40.2 Å². The Balaban J connectivity index is 1.69. The molecular formula is C27H30F2N6O6S. The van der Waals surface area contributed by atoms with E-state index < -0.39 is 40.9 Å². The molecule has 1 aliphatic heterocycles. The first-order valence-corrected chi connectivity index (χ1v) is 14.0. The van der Waals surface area contributed by atoms with E-state index in [2.05, 4.69) is 10.2 Å². The zero-order valence-corrected chi connectivity index (χ0v) is 24.2. The van der Waals surface area contributed by atoms with Crippen molar-refractivity contribution in [2.75, 3.05) is 33.4 Å². The molecule has 0 unspecified atom stereocenters. The molecule has 5 rings (SSSR count). The Hall–Kier alpha value is -3.95. The van der Waals surface area contributed by atoms with Crippen molar-refractivity contribution in [3.8, 4) is 10.8 Å². The van der Waals surface area contributed by atoms with E-state index in [0.29, 0.717) is 33.0 Å². The highest BCUT2D eigenvalue weighted by Gasteiger charge is 2.36. The van der Waals surface area contributed by atoms with Gasteiger partial charge >= 0.3 is 11.7 Å². The van der Waals surface area contributed by atoms with Gasteiger partial charge < -0.3 is 14.6 Å². The van der Waals surface area contributed by atoms with Gasteiger partial charge in [0.15, 0.2) is 0 Å². The second-order valence-corrected chi connectivity index (χ2v) is 11.5. The molecule has 12 nitrogen and oxygen atoms in total.